The Morgan fingerprint density at radius 1 is 0.759 bits per heavy atom. The van der Waals surface area contributed by atoms with Crippen LogP contribution < -0.4 is 24.3 Å². The number of quaternary nitrogens is 1. The summed E-state index contributed by atoms with van der Waals surface area (Å²) < 4.78 is 23.2. The van der Waals surface area contributed by atoms with E-state index in [0.29, 0.717) is 32.5 Å². The highest BCUT2D eigenvalue weighted by molar-refractivity contribution is 5.49. The number of ether oxygens (including phenoxy) is 4. The molecule has 29 heavy (non-hydrogen) atoms. The summed E-state index contributed by atoms with van der Waals surface area (Å²) in [6.45, 7) is 11.6. The van der Waals surface area contributed by atoms with Gasteiger partial charge < -0.3 is 24.3 Å². The maximum atomic E-state index is 5.87. The molecule has 5 nitrogen and oxygen atoms in total. The Morgan fingerprint density at radius 3 is 2.00 bits per heavy atom. The van der Waals surface area contributed by atoms with E-state index in [2.05, 4.69) is 29.6 Å². The quantitative estimate of drug-likeness (QED) is 0.661. The Bertz CT molecular complexity index is 806. The van der Waals surface area contributed by atoms with Crippen LogP contribution in [0.15, 0.2) is 30.3 Å². The van der Waals surface area contributed by atoms with Crippen molar-refractivity contribution in [3.05, 3.63) is 47.0 Å². The van der Waals surface area contributed by atoms with Gasteiger partial charge in [-0.1, -0.05) is 6.07 Å². The first kappa shape index (κ1) is 21.3. The Kier molecular flexibility index (Phi) is 7.64. The molecule has 2 N–H and O–H groups in total. The topological polar surface area (TPSA) is 53.5 Å². The zero-order valence-electron chi connectivity index (χ0n) is 18.1. The van der Waals surface area contributed by atoms with Crippen LogP contribution in [0.3, 0.4) is 0 Å². The summed E-state index contributed by atoms with van der Waals surface area (Å²) in [5.74, 6) is 3.33. The molecule has 0 aliphatic carbocycles. The van der Waals surface area contributed by atoms with Gasteiger partial charge in [-0.2, -0.15) is 0 Å². The molecule has 0 saturated heterocycles. The van der Waals surface area contributed by atoms with Crippen LogP contribution in [-0.2, 0) is 12.8 Å². The minimum absolute atomic E-state index is 0.348. The van der Waals surface area contributed by atoms with E-state index >= 15 is 0 Å². The highest BCUT2D eigenvalue weighted by Gasteiger charge is 2.26. The molecule has 0 amide bonds. The van der Waals surface area contributed by atoms with E-state index in [1.165, 1.54) is 16.7 Å². The van der Waals surface area contributed by atoms with Crippen molar-refractivity contribution < 1.29 is 24.3 Å². The molecule has 2 aromatic rings. The zero-order valence-corrected chi connectivity index (χ0v) is 18.1. The van der Waals surface area contributed by atoms with Crippen LogP contribution in [0.5, 0.6) is 23.0 Å². The number of rotatable bonds is 10. The van der Waals surface area contributed by atoms with E-state index in [4.69, 9.17) is 18.9 Å². The van der Waals surface area contributed by atoms with Crippen LogP contribution in [-0.4, -0.2) is 33.0 Å². The van der Waals surface area contributed by atoms with Crippen molar-refractivity contribution in [2.75, 3.05) is 33.0 Å². The van der Waals surface area contributed by atoms with Gasteiger partial charge in [0.2, 0.25) is 0 Å². The lowest BCUT2D eigenvalue weighted by molar-refractivity contribution is -0.698. The summed E-state index contributed by atoms with van der Waals surface area (Å²) in [5, 5.41) is 2.43. The molecule has 0 bridgehead atoms. The fourth-order valence-corrected chi connectivity index (χ4v) is 3.95. The van der Waals surface area contributed by atoms with Gasteiger partial charge in [-0.05, 0) is 63.1 Å². The van der Waals surface area contributed by atoms with Gasteiger partial charge in [-0.15, -0.1) is 0 Å². The van der Waals surface area contributed by atoms with Gasteiger partial charge in [0.25, 0.3) is 0 Å². The molecule has 0 aromatic heterocycles. The highest BCUT2D eigenvalue weighted by Crippen LogP contribution is 2.36. The van der Waals surface area contributed by atoms with Crippen molar-refractivity contribution in [2.24, 2.45) is 0 Å². The van der Waals surface area contributed by atoms with Crippen molar-refractivity contribution >= 4 is 0 Å². The summed E-state index contributed by atoms with van der Waals surface area (Å²) in [6, 6.07) is 11.0. The lowest BCUT2D eigenvalue weighted by Crippen LogP contribution is -2.87. The van der Waals surface area contributed by atoms with Crippen LogP contribution in [0.1, 0.15) is 50.4 Å². The molecule has 5 heteroatoms. The van der Waals surface area contributed by atoms with Gasteiger partial charge in [0.1, 0.15) is 6.04 Å². The number of nitrogens with two attached hydrogens (primary N) is 1. The van der Waals surface area contributed by atoms with E-state index in [9.17, 15) is 0 Å². The molecule has 3 rings (SSSR count). The summed E-state index contributed by atoms with van der Waals surface area (Å²) in [5.41, 5.74) is 3.95. The third kappa shape index (κ3) is 5.15. The van der Waals surface area contributed by atoms with Crippen molar-refractivity contribution in [2.45, 2.75) is 46.6 Å². The molecule has 2 aromatic carbocycles. The molecule has 1 aliphatic heterocycles. The largest absolute Gasteiger partial charge is 0.490 e. The second-order valence-corrected chi connectivity index (χ2v) is 7.10. The molecule has 1 aliphatic rings. The predicted octanol–water partition coefficient (Wildman–Crippen LogP) is 3.68. The van der Waals surface area contributed by atoms with Crippen LogP contribution in [0.2, 0.25) is 0 Å². The van der Waals surface area contributed by atoms with Gasteiger partial charge in [0.05, 0.1) is 33.0 Å². The minimum Gasteiger partial charge on any atom is -0.490 e. The molecular formula is C24H34NO4+. The molecule has 0 unspecified atom stereocenters. The normalized spacial score (nSPS) is 15.5. The number of hydrogen-bond acceptors (Lipinski definition) is 4. The fourth-order valence-electron chi connectivity index (χ4n) is 3.95. The average Bonchev–Trinajstić information content (AvgIpc) is 2.71. The monoisotopic (exact) mass is 400 g/mol. The SMILES string of the molecule is CCOc1ccc(C[C@@H]2[NH2+]CCc3cc(OCC)c(OCC)cc32)cc1OCC. The highest BCUT2D eigenvalue weighted by atomic mass is 16.5. The molecule has 1 heterocycles. The van der Waals surface area contributed by atoms with Crippen LogP contribution >= 0.6 is 0 Å². The summed E-state index contributed by atoms with van der Waals surface area (Å²) in [6.07, 6.45) is 1.98. The molecule has 0 radical (unpaired) electrons. The molecule has 158 valence electrons. The standard InChI is InChI=1S/C24H33NO4/c1-5-26-21-10-9-17(14-22(21)27-6-2)13-20-19-16-24(29-8-4)23(28-7-3)15-18(19)11-12-25-20/h9-10,14-16,20,25H,5-8,11-13H2,1-4H3/p+1/t20-/m0/s1. The Balaban J connectivity index is 1.88. The summed E-state index contributed by atoms with van der Waals surface area (Å²) in [7, 11) is 0. The van der Waals surface area contributed by atoms with E-state index in [1.54, 1.807) is 0 Å². The van der Waals surface area contributed by atoms with E-state index in [1.807, 2.05) is 33.8 Å². The van der Waals surface area contributed by atoms with E-state index < -0.39 is 0 Å². The van der Waals surface area contributed by atoms with Gasteiger partial charge in [0.15, 0.2) is 23.0 Å². The van der Waals surface area contributed by atoms with Crippen LogP contribution in [0, 0.1) is 0 Å². The van der Waals surface area contributed by atoms with Gasteiger partial charge in [0, 0.05) is 18.4 Å². The third-order valence-electron chi connectivity index (χ3n) is 5.13. The number of hydrogen-bond donors (Lipinski definition) is 1. The van der Waals surface area contributed by atoms with Crippen molar-refractivity contribution in [3.8, 4) is 23.0 Å². The maximum Gasteiger partial charge on any atom is 0.161 e. The summed E-state index contributed by atoms with van der Waals surface area (Å²) in [4.78, 5) is 0. The van der Waals surface area contributed by atoms with Crippen LogP contribution in [0.25, 0.3) is 0 Å². The second kappa shape index (κ2) is 10.4. The first-order valence-electron chi connectivity index (χ1n) is 10.8. The van der Waals surface area contributed by atoms with Crippen molar-refractivity contribution in [3.63, 3.8) is 0 Å². The first-order chi connectivity index (χ1) is 14.2. The predicted molar refractivity (Wildman–Crippen MR) is 115 cm³/mol. The fraction of sp³-hybridized carbons (Fsp3) is 0.500. The third-order valence-corrected chi connectivity index (χ3v) is 5.13. The molecule has 1 atom stereocenters. The average molecular weight is 401 g/mol. The van der Waals surface area contributed by atoms with Gasteiger partial charge in [-0.25, -0.2) is 0 Å². The number of fused-ring (bicyclic) bond motifs is 1. The molecular weight excluding hydrogens is 366 g/mol. The molecule has 0 saturated carbocycles. The first-order valence-corrected chi connectivity index (χ1v) is 10.8. The lowest BCUT2D eigenvalue weighted by atomic mass is 9.89. The van der Waals surface area contributed by atoms with Gasteiger partial charge in [-0.3, -0.25) is 0 Å². The zero-order chi connectivity index (χ0) is 20.6. The Morgan fingerprint density at radius 2 is 1.34 bits per heavy atom. The maximum absolute atomic E-state index is 5.87. The number of benzene rings is 2. The molecule has 0 spiro atoms. The van der Waals surface area contributed by atoms with Gasteiger partial charge >= 0.3 is 0 Å². The lowest BCUT2D eigenvalue weighted by Gasteiger charge is -2.26. The van der Waals surface area contributed by atoms with E-state index in [0.717, 1.165) is 42.4 Å². The summed E-state index contributed by atoms with van der Waals surface area (Å²) >= 11 is 0. The molecule has 0 fully saturated rings. The Labute approximate surface area is 174 Å². The van der Waals surface area contributed by atoms with E-state index in [-0.39, 0.29) is 0 Å². The Hall–Kier alpha value is -2.40. The minimum atomic E-state index is 0.348. The van der Waals surface area contributed by atoms with Crippen molar-refractivity contribution in [1.29, 1.82) is 0 Å². The second-order valence-electron chi connectivity index (χ2n) is 7.10. The van der Waals surface area contributed by atoms with Crippen molar-refractivity contribution in [1.82, 2.24) is 0 Å². The van der Waals surface area contributed by atoms with Crippen LogP contribution in [0.4, 0.5) is 0 Å². The smallest absolute Gasteiger partial charge is 0.161 e.